The summed E-state index contributed by atoms with van der Waals surface area (Å²) in [7, 11) is -4.98. The third-order valence-electron chi connectivity index (χ3n) is 4.85. The minimum absolute atomic E-state index is 0.132. The Bertz CT molecular complexity index is 363. The molecular formula is C18H40O5Si2. The molecule has 0 aromatic rings. The van der Waals surface area contributed by atoms with Gasteiger partial charge in [0.05, 0.1) is 5.92 Å². The van der Waals surface area contributed by atoms with Crippen molar-refractivity contribution in [2.45, 2.75) is 85.5 Å². The van der Waals surface area contributed by atoms with Crippen LogP contribution in [0.25, 0.3) is 0 Å². The van der Waals surface area contributed by atoms with Crippen molar-refractivity contribution < 1.29 is 22.5 Å². The summed E-state index contributed by atoms with van der Waals surface area (Å²) in [6.07, 6.45) is 0. The summed E-state index contributed by atoms with van der Waals surface area (Å²) in [5.74, 6) is -0.431. The van der Waals surface area contributed by atoms with Crippen LogP contribution in [0.1, 0.15) is 62.3 Å². The summed E-state index contributed by atoms with van der Waals surface area (Å²) in [5, 5.41) is 0. The molecule has 1 atom stereocenters. The molecule has 0 aliphatic heterocycles. The van der Waals surface area contributed by atoms with E-state index in [2.05, 4.69) is 34.6 Å². The van der Waals surface area contributed by atoms with Crippen LogP contribution in [0.3, 0.4) is 0 Å². The first-order valence-corrected chi connectivity index (χ1v) is 14.0. The lowest BCUT2D eigenvalue weighted by Crippen LogP contribution is -2.50. The van der Waals surface area contributed by atoms with Gasteiger partial charge in [0.15, 0.2) is 0 Å². The van der Waals surface area contributed by atoms with Crippen LogP contribution in [0.15, 0.2) is 0 Å². The predicted molar refractivity (Wildman–Crippen MR) is 107 cm³/mol. The highest BCUT2D eigenvalue weighted by Crippen LogP contribution is 2.38. The van der Waals surface area contributed by atoms with Gasteiger partial charge in [0.2, 0.25) is 0 Å². The molecule has 0 saturated carbocycles. The van der Waals surface area contributed by atoms with Gasteiger partial charge in [-0.1, -0.05) is 41.5 Å². The van der Waals surface area contributed by atoms with E-state index in [1.807, 2.05) is 27.7 Å². The molecule has 150 valence electrons. The fourth-order valence-electron chi connectivity index (χ4n) is 3.50. The van der Waals surface area contributed by atoms with Gasteiger partial charge in [-0.2, -0.15) is 0 Å². The summed E-state index contributed by atoms with van der Waals surface area (Å²) in [6.45, 7) is 20.1. The molecule has 5 nitrogen and oxygen atoms in total. The van der Waals surface area contributed by atoms with Gasteiger partial charge in [-0.05, 0) is 37.9 Å². The van der Waals surface area contributed by atoms with Gasteiger partial charge in [-0.3, -0.25) is 4.79 Å². The zero-order valence-corrected chi connectivity index (χ0v) is 19.8. The second-order valence-corrected chi connectivity index (χ2v) is 14.9. The molecule has 0 rings (SSSR count). The number of carbonyl (C=O) groups is 1. The fourth-order valence-corrected chi connectivity index (χ4v) is 10.5. The minimum Gasteiger partial charge on any atom is -0.518 e. The Balaban J connectivity index is 5.29. The zero-order chi connectivity index (χ0) is 19.7. The van der Waals surface area contributed by atoms with E-state index in [0.29, 0.717) is 36.9 Å². The van der Waals surface area contributed by atoms with Crippen molar-refractivity contribution >= 4 is 23.1 Å². The van der Waals surface area contributed by atoms with Gasteiger partial charge in [0.25, 0.3) is 14.3 Å². The third kappa shape index (κ3) is 6.79. The fraction of sp³-hybridized carbons (Fsp3) is 0.944. The third-order valence-corrected chi connectivity index (χ3v) is 13.7. The lowest BCUT2D eigenvalue weighted by atomic mass is 10.2. The van der Waals surface area contributed by atoms with E-state index in [4.69, 9.17) is 17.7 Å². The SMILES string of the molecule is CCO[Si](CC(C)C(=O)O[Si](CC)(C(C)C)C(C)C)(OCC)OCC. The monoisotopic (exact) mass is 392 g/mol. The zero-order valence-electron chi connectivity index (χ0n) is 17.8. The van der Waals surface area contributed by atoms with E-state index < -0.39 is 17.1 Å². The summed E-state index contributed by atoms with van der Waals surface area (Å²) in [6, 6.07) is 1.40. The number of hydrogen-bond donors (Lipinski definition) is 0. The van der Waals surface area contributed by atoms with Gasteiger partial charge >= 0.3 is 8.80 Å². The van der Waals surface area contributed by atoms with Gasteiger partial charge in [0.1, 0.15) is 0 Å². The van der Waals surface area contributed by atoms with E-state index in [9.17, 15) is 4.79 Å². The molecule has 0 N–H and O–H groups in total. The van der Waals surface area contributed by atoms with Gasteiger partial charge in [0, 0.05) is 25.9 Å². The molecule has 0 radical (unpaired) electrons. The normalized spacial score (nSPS) is 14.2. The minimum atomic E-state index is -2.85. The van der Waals surface area contributed by atoms with E-state index in [1.165, 1.54) is 0 Å². The van der Waals surface area contributed by atoms with Crippen LogP contribution in [0.5, 0.6) is 0 Å². The topological polar surface area (TPSA) is 54.0 Å². The maximum Gasteiger partial charge on any atom is 0.501 e. The quantitative estimate of drug-likeness (QED) is 0.413. The molecule has 0 heterocycles. The molecule has 0 fully saturated rings. The van der Waals surface area contributed by atoms with E-state index in [-0.39, 0.29) is 11.9 Å². The van der Waals surface area contributed by atoms with Crippen molar-refractivity contribution in [1.82, 2.24) is 0 Å². The van der Waals surface area contributed by atoms with E-state index in [1.54, 1.807) is 0 Å². The summed E-state index contributed by atoms with van der Waals surface area (Å²) < 4.78 is 23.8. The summed E-state index contributed by atoms with van der Waals surface area (Å²) >= 11 is 0. The second-order valence-electron chi connectivity index (χ2n) is 7.13. The maximum atomic E-state index is 12.9. The Labute approximate surface area is 157 Å². The standard InChI is InChI=1S/C18H40O5Si2/c1-10-20-25(21-11-2,22-12-3)14-17(9)18(19)23-24(13-4,15(5)6)16(7)8/h15-17H,10-14H2,1-9H3. The molecule has 1 unspecified atom stereocenters. The highest BCUT2D eigenvalue weighted by molar-refractivity contribution is 6.77. The molecule has 7 heteroatoms. The van der Waals surface area contributed by atoms with Crippen LogP contribution < -0.4 is 0 Å². The Morgan fingerprint density at radius 3 is 1.48 bits per heavy atom. The smallest absolute Gasteiger partial charge is 0.501 e. The number of carbonyl (C=O) groups excluding carboxylic acids is 1. The van der Waals surface area contributed by atoms with Gasteiger partial charge in [-0.15, -0.1) is 0 Å². The first kappa shape index (κ1) is 24.8. The van der Waals surface area contributed by atoms with Crippen LogP contribution in [-0.4, -0.2) is 42.9 Å². The van der Waals surface area contributed by atoms with Crippen molar-refractivity contribution in [2.24, 2.45) is 5.92 Å². The molecule has 0 aliphatic rings. The number of hydrogen-bond acceptors (Lipinski definition) is 5. The van der Waals surface area contributed by atoms with Crippen LogP contribution in [0.4, 0.5) is 0 Å². The highest BCUT2D eigenvalue weighted by atomic mass is 28.4. The first-order chi connectivity index (χ1) is 11.6. The molecule has 0 bridgehead atoms. The van der Waals surface area contributed by atoms with Crippen molar-refractivity contribution in [1.29, 1.82) is 0 Å². The van der Waals surface area contributed by atoms with E-state index >= 15 is 0 Å². The molecule has 0 amide bonds. The largest absolute Gasteiger partial charge is 0.518 e. The molecule has 0 aromatic carbocycles. The van der Waals surface area contributed by atoms with Crippen molar-refractivity contribution in [3.05, 3.63) is 0 Å². The van der Waals surface area contributed by atoms with Crippen LogP contribution in [-0.2, 0) is 22.5 Å². The van der Waals surface area contributed by atoms with E-state index in [0.717, 1.165) is 6.04 Å². The lowest BCUT2D eigenvalue weighted by molar-refractivity contribution is -0.139. The molecule has 25 heavy (non-hydrogen) atoms. The average molecular weight is 393 g/mol. The molecule has 0 aliphatic carbocycles. The second kappa shape index (κ2) is 11.5. The Morgan fingerprint density at radius 2 is 1.20 bits per heavy atom. The first-order valence-electron chi connectivity index (χ1n) is 9.79. The summed E-state index contributed by atoms with van der Waals surface area (Å²) in [5.41, 5.74) is 0.780. The Kier molecular flexibility index (Phi) is 11.4. The number of rotatable bonds is 13. The van der Waals surface area contributed by atoms with Crippen LogP contribution in [0, 0.1) is 5.92 Å². The highest BCUT2D eigenvalue weighted by Gasteiger charge is 2.47. The summed E-state index contributed by atoms with van der Waals surface area (Å²) in [4.78, 5) is 12.9. The maximum absolute atomic E-state index is 12.9. The van der Waals surface area contributed by atoms with Crippen molar-refractivity contribution in [2.75, 3.05) is 19.8 Å². The van der Waals surface area contributed by atoms with Crippen LogP contribution >= 0.6 is 0 Å². The predicted octanol–water partition coefficient (Wildman–Crippen LogP) is 5.00. The Hall–Kier alpha value is -0.216. The average Bonchev–Trinajstić information content (AvgIpc) is 2.52. The molecule has 0 saturated heterocycles. The lowest BCUT2D eigenvalue weighted by Gasteiger charge is -2.38. The van der Waals surface area contributed by atoms with Gasteiger partial charge < -0.3 is 17.7 Å². The Morgan fingerprint density at radius 1 is 0.800 bits per heavy atom. The molecule has 0 spiro atoms. The molecule has 0 aromatic heterocycles. The molecular weight excluding hydrogens is 352 g/mol. The van der Waals surface area contributed by atoms with Crippen molar-refractivity contribution in [3.8, 4) is 0 Å². The van der Waals surface area contributed by atoms with Crippen molar-refractivity contribution in [3.63, 3.8) is 0 Å². The van der Waals surface area contributed by atoms with Gasteiger partial charge in [-0.25, -0.2) is 0 Å². The van der Waals surface area contributed by atoms with Crippen LogP contribution in [0.2, 0.25) is 23.2 Å².